The van der Waals surface area contributed by atoms with Gasteiger partial charge in [0, 0.05) is 30.7 Å². The van der Waals surface area contributed by atoms with Crippen LogP contribution < -0.4 is 0 Å². The van der Waals surface area contributed by atoms with Gasteiger partial charge in [0.2, 0.25) is 0 Å². The van der Waals surface area contributed by atoms with Gasteiger partial charge in [0.1, 0.15) is 11.3 Å². The Labute approximate surface area is 139 Å². The molecule has 0 amide bonds. The Morgan fingerprint density at radius 2 is 2.17 bits per heavy atom. The topological polar surface area (TPSA) is 57.0 Å². The molecule has 0 spiro atoms. The maximum Gasteiger partial charge on any atom is 0.338 e. The second kappa shape index (κ2) is 6.78. The summed E-state index contributed by atoms with van der Waals surface area (Å²) in [5.41, 5.74) is 2.37. The number of rotatable bonds is 5. The number of ether oxygens (including phenoxy) is 1. The number of benzene rings is 1. The van der Waals surface area contributed by atoms with E-state index in [1.807, 2.05) is 13.0 Å². The third-order valence-corrected chi connectivity index (χ3v) is 3.90. The molecule has 0 radical (unpaired) electrons. The average molecular weight is 327 g/mol. The van der Waals surface area contributed by atoms with Gasteiger partial charge < -0.3 is 4.74 Å². The van der Waals surface area contributed by atoms with E-state index in [1.165, 1.54) is 13.2 Å². The number of aromatic nitrogens is 3. The van der Waals surface area contributed by atoms with Crippen LogP contribution in [-0.4, -0.2) is 27.8 Å². The van der Waals surface area contributed by atoms with Crippen molar-refractivity contribution in [2.24, 2.45) is 0 Å². The first-order valence-corrected chi connectivity index (χ1v) is 7.80. The highest BCUT2D eigenvalue weighted by atomic mass is 19.1. The molecule has 5 nitrogen and oxygen atoms in total. The summed E-state index contributed by atoms with van der Waals surface area (Å²) in [5, 5.41) is 5.31. The third kappa shape index (κ3) is 2.87. The number of halogens is 1. The Morgan fingerprint density at radius 1 is 1.33 bits per heavy atom. The van der Waals surface area contributed by atoms with Crippen LogP contribution in [0, 0.1) is 5.82 Å². The van der Waals surface area contributed by atoms with Gasteiger partial charge in [-0.3, -0.25) is 9.67 Å². The molecule has 2 aromatic heterocycles. The lowest BCUT2D eigenvalue weighted by atomic mass is 10.0. The molecule has 2 heterocycles. The maximum atomic E-state index is 14.2. The first kappa shape index (κ1) is 16.1. The molecule has 0 saturated carbocycles. The minimum atomic E-state index is -0.420. The van der Waals surface area contributed by atoms with Gasteiger partial charge in [-0.15, -0.1) is 0 Å². The Balaban J connectivity index is 2.09. The lowest BCUT2D eigenvalue weighted by Crippen LogP contribution is -2.07. The summed E-state index contributed by atoms with van der Waals surface area (Å²) in [6.07, 6.45) is 4.40. The van der Waals surface area contributed by atoms with Crippen LogP contribution in [0.15, 0.2) is 36.7 Å². The quantitative estimate of drug-likeness (QED) is 0.674. The summed E-state index contributed by atoms with van der Waals surface area (Å²) in [4.78, 5) is 16.0. The minimum Gasteiger partial charge on any atom is -0.465 e. The van der Waals surface area contributed by atoms with Crippen molar-refractivity contribution >= 4 is 16.9 Å². The molecule has 3 rings (SSSR count). The number of carbonyl (C=O) groups is 1. The number of pyridine rings is 1. The number of nitrogens with zero attached hydrogens (tertiary/aromatic N) is 3. The Morgan fingerprint density at radius 3 is 2.92 bits per heavy atom. The normalized spacial score (nSPS) is 11.0. The van der Waals surface area contributed by atoms with E-state index in [0.29, 0.717) is 29.6 Å². The van der Waals surface area contributed by atoms with Crippen molar-refractivity contribution in [3.8, 4) is 0 Å². The molecule has 0 aliphatic rings. The van der Waals surface area contributed by atoms with Crippen molar-refractivity contribution in [2.75, 3.05) is 7.11 Å². The predicted molar refractivity (Wildman–Crippen MR) is 88.4 cm³/mol. The summed E-state index contributed by atoms with van der Waals surface area (Å²) in [7, 11) is 1.34. The zero-order valence-electron chi connectivity index (χ0n) is 13.6. The second-order valence-electron chi connectivity index (χ2n) is 5.51. The number of hydrogen-bond acceptors (Lipinski definition) is 4. The maximum absolute atomic E-state index is 14.2. The lowest BCUT2D eigenvalue weighted by molar-refractivity contribution is 0.0599. The van der Waals surface area contributed by atoms with E-state index >= 15 is 0 Å². The molecule has 124 valence electrons. The molecule has 3 aromatic rings. The largest absolute Gasteiger partial charge is 0.465 e. The van der Waals surface area contributed by atoms with Gasteiger partial charge in [-0.05, 0) is 24.1 Å². The monoisotopic (exact) mass is 327 g/mol. The summed E-state index contributed by atoms with van der Waals surface area (Å²) in [6.45, 7) is 2.65. The van der Waals surface area contributed by atoms with Crippen molar-refractivity contribution in [2.45, 2.75) is 26.3 Å². The fraction of sp³-hybridized carbons (Fsp3) is 0.278. The number of carbonyl (C=O) groups excluding carboxylic acids is 1. The van der Waals surface area contributed by atoms with Crippen molar-refractivity contribution in [3.63, 3.8) is 0 Å². The van der Waals surface area contributed by atoms with Gasteiger partial charge in [-0.25, -0.2) is 9.18 Å². The Bertz CT molecular complexity index is 889. The highest BCUT2D eigenvalue weighted by Crippen LogP contribution is 2.25. The summed E-state index contributed by atoms with van der Waals surface area (Å²) in [5.74, 6) is -0.713. The highest BCUT2D eigenvalue weighted by Gasteiger charge is 2.17. The number of fused-ring (bicyclic) bond motifs is 1. The number of esters is 1. The third-order valence-electron chi connectivity index (χ3n) is 3.90. The fourth-order valence-corrected chi connectivity index (χ4v) is 2.82. The van der Waals surface area contributed by atoms with Crippen LogP contribution in [0.3, 0.4) is 0 Å². The molecule has 0 N–H and O–H groups in total. The number of aryl methyl sites for hydroxylation is 1. The van der Waals surface area contributed by atoms with Crippen LogP contribution >= 0.6 is 0 Å². The second-order valence-corrected chi connectivity index (χ2v) is 5.51. The number of hydrogen-bond donors (Lipinski definition) is 0. The molecule has 0 aliphatic carbocycles. The fourth-order valence-electron chi connectivity index (χ4n) is 2.82. The molecule has 6 heteroatoms. The molecule has 1 aromatic carbocycles. The van der Waals surface area contributed by atoms with Gasteiger partial charge in [0.25, 0.3) is 0 Å². The van der Waals surface area contributed by atoms with Crippen LogP contribution in [0.25, 0.3) is 10.9 Å². The van der Waals surface area contributed by atoms with Crippen molar-refractivity contribution in [1.82, 2.24) is 14.8 Å². The van der Waals surface area contributed by atoms with Crippen molar-refractivity contribution < 1.29 is 13.9 Å². The van der Waals surface area contributed by atoms with Gasteiger partial charge in [-0.2, -0.15) is 5.10 Å². The smallest absolute Gasteiger partial charge is 0.338 e. The summed E-state index contributed by atoms with van der Waals surface area (Å²) >= 11 is 0. The Hall–Kier alpha value is -2.76. The predicted octanol–water partition coefficient (Wildman–Crippen LogP) is 3.36. The van der Waals surface area contributed by atoms with Crippen LogP contribution in [0.4, 0.5) is 4.39 Å². The Kier molecular flexibility index (Phi) is 4.55. The van der Waals surface area contributed by atoms with Crippen LogP contribution in [0.5, 0.6) is 0 Å². The van der Waals surface area contributed by atoms with E-state index in [2.05, 4.69) is 10.1 Å². The molecule has 0 unspecified atom stereocenters. The molecule has 0 aliphatic heterocycles. The lowest BCUT2D eigenvalue weighted by Gasteiger charge is -2.05. The van der Waals surface area contributed by atoms with E-state index in [9.17, 15) is 9.18 Å². The SMILES string of the molecule is CCCn1nc(Cc2cnccc2C(=O)OC)c2cccc(F)c21. The molecular formula is C18H18FN3O2. The van der Waals surface area contributed by atoms with E-state index in [4.69, 9.17) is 4.74 Å². The molecule has 0 saturated heterocycles. The summed E-state index contributed by atoms with van der Waals surface area (Å²) < 4.78 is 20.7. The molecule has 0 bridgehead atoms. The van der Waals surface area contributed by atoms with Crippen LogP contribution in [0.1, 0.15) is 35.0 Å². The first-order chi connectivity index (χ1) is 11.7. The first-order valence-electron chi connectivity index (χ1n) is 7.80. The van der Waals surface area contributed by atoms with E-state index in [1.54, 1.807) is 29.2 Å². The van der Waals surface area contributed by atoms with Gasteiger partial charge >= 0.3 is 5.97 Å². The molecular weight excluding hydrogens is 309 g/mol. The minimum absolute atomic E-state index is 0.293. The van der Waals surface area contributed by atoms with E-state index in [-0.39, 0.29) is 5.82 Å². The van der Waals surface area contributed by atoms with Gasteiger partial charge in [0.05, 0.1) is 18.4 Å². The number of para-hydroxylation sites is 1. The van der Waals surface area contributed by atoms with Crippen molar-refractivity contribution in [3.05, 3.63) is 59.3 Å². The number of methoxy groups -OCH3 is 1. The van der Waals surface area contributed by atoms with Gasteiger partial charge in [0.15, 0.2) is 0 Å². The van der Waals surface area contributed by atoms with E-state index < -0.39 is 5.97 Å². The van der Waals surface area contributed by atoms with E-state index in [0.717, 1.165) is 17.5 Å². The van der Waals surface area contributed by atoms with Crippen LogP contribution in [-0.2, 0) is 17.7 Å². The summed E-state index contributed by atoms with van der Waals surface area (Å²) in [6, 6.07) is 6.57. The molecule has 0 fully saturated rings. The zero-order chi connectivity index (χ0) is 17.1. The van der Waals surface area contributed by atoms with Crippen molar-refractivity contribution in [1.29, 1.82) is 0 Å². The molecule has 0 atom stereocenters. The zero-order valence-corrected chi connectivity index (χ0v) is 13.6. The van der Waals surface area contributed by atoms with Crippen LogP contribution in [0.2, 0.25) is 0 Å². The van der Waals surface area contributed by atoms with Gasteiger partial charge in [-0.1, -0.05) is 19.1 Å². The average Bonchev–Trinajstić information content (AvgIpc) is 2.94. The molecule has 24 heavy (non-hydrogen) atoms. The highest BCUT2D eigenvalue weighted by molar-refractivity contribution is 5.91. The standard InChI is InChI=1S/C18H18FN3O2/c1-3-9-22-17-14(5-4-6-15(17)19)16(21-22)10-12-11-20-8-7-13(12)18(23)24-2/h4-8,11H,3,9-10H2,1-2H3.